The maximum Gasteiger partial charge on any atom is 0.341 e. The molecule has 1 aromatic heterocycles. The van der Waals surface area contributed by atoms with Crippen LogP contribution < -0.4 is 20.8 Å². The Labute approximate surface area is 180 Å². The van der Waals surface area contributed by atoms with Gasteiger partial charge in [0.25, 0.3) is 0 Å². The molecule has 1 aliphatic heterocycles. The molecule has 0 spiro atoms. The van der Waals surface area contributed by atoms with Gasteiger partial charge in [-0.05, 0) is 46.2 Å². The van der Waals surface area contributed by atoms with E-state index in [1.807, 2.05) is 19.0 Å². The molecule has 0 radical (unpaired) electrons. The van der Waals surface area contributed by atoms with E-state index >= 15 is 4.39 Å². The number of halogens is 1. The summed E-state index contributed by atoms with van der Waals surface area (Å²) < 4.78 is 23.0. The van der Waals surface area contributed by atoms with Crippen molar-refractivity contribution in [1.82, 2.24) is 9.47 Å². The minimum absolute atomic E-state index is 0.0351. The Morgan fingerprint density at radius 1 is 1.35 bits per heavy atom. The van der Waals surface area contributed by atoms with Gasteiger partial charge in [-0.2, -0.15) is 0 Å². The second-order valence-electron chi connectivity index (χ2n) is 8.85. The van der Waals surface area contributed by atoms with Crippen LogP contribution in [0.2, 0.25) is 0 Å². The number of methoxy groups -OCH3 is 1. The Kier molecular flexibility index (Phi) is 5.33. The number of benzene rings is 1. The third kappa shape index (κ3) is 3.40. The van der Waals surface area contributed by atoms with Crippen LogP contribution in [0.15, 0.2) is 11.0 Å². The molecule has 31 heavy (non-hydrogen) atoms. The highest BCUT2D eigenvalue weighted by atomic mass is 19.1. The van der Waals surface area contributed by atoms with E-state index < -0.39 is 22.8 Å². The van der Waals surface area contributed by atoms with E-state index in [1.165, 1.54) is 13.3 Å². The Morgan fingerprint density at radius 3 is 2.58 bits per heavy atom. The van der Waals surface area contributed by atoms with E-state index in [0.29, 0.717) is 30.6 Å². The molecule has 3 N–H and O–H groups in total. The van der Waals surface area contributed by atoms with Gasteiger partial charge in [0.15, 0.2) is 11.6 Å². The van der Waals surface area contributed by atoms with E-state index in [0.717, 1.165) is 19.3 Å². The topological polar surface area (TPSA) is 101 Å². The Bertz CT molecular complexity index is 1110. The molecule has 1 saturated heterocycles. The lowest BCUT2D eigenvalue weighted by molar-refractivity contribution is 0.0695. The number of carbonyl (C=O) groups is 1. The number of carboxylic acids is 1. The molecule has 2 aromatic rings. The fourth-order valence-corrected chi connectivity index (χ4v) is 4.64. The Hall–Kier alpha value is -2.81. The van der Waals surface area contributed by atoms with Crippen molar-refractivity contribution in [1.29, 1.82) is 0 Å². The maximum atomic E-state index is 15.6. The highest BCUT2D eigenvalue weighted by Crippen LogP contribution is 2.47. The monoisotopic (exact) mass is 432 g/mol. The number of hydrogen-bond acceptors (Lipinski definition) is 6. The van der Waals surface area contributed by atoms with Gasteiger partial charge >= 0.3 is 5.97 Å². The summed E-state index contributed by atoms with van der Waals surface area (Å²) in [6, 6.07) is 0.354. The zero-order chi connectivity index (χ0) is 22.6. The summed E-state index contributed by atoms with van der Waals surface area (Å²) >= 11 is 0. The van der Waals surface area contributed by atoms with Crippen molar-refractivity contribution in [3.63, 3.8) is 0 Å². The number of anilines is 2. The summed E-state index contributed by atoms with van der Waals surface area (Å²) in [6.07, 6.45) is 3.93. The van der Waals surface area contributed by atoms with Crippen LogP contribution in [0.5, 0.6) is 5.75 Å². The quantitative estimate of drug-likeness (QED) is 0.677. The predicted octanol–water partition coefficient (Wildman–Crippen LogP) is 2.54. The third-order valence-corrected chi connectivity index (χ3v) is 6.79. The molecular formula is C22H29FN4O4. The zero-order valence-electron chi connectivity index (χ0n) is 18.3. The smallest absolute Gasteiger partial charge is 0.341 e. The van der Waals surface area contributed by atoms with Gasteiger partial charge in [-0.25, -0.2) is 9.18 Å². The molecule has 168 valence electrons. The lowest BCUT2D eigenvalue weighted by Crippen LogP contribution is -2.34. The zero-order valence-corrected chi connectivity index (χ0v) is 18.3. The van der Waals surface area contributed by atoms with E-state index in [2.05, 4.69) is 11.8 Å². The number of nitrogen functional groups attached to an aromatic ring is 1. The number of aromatic nitrogens is 1. The first kappa shape index (κ1) is 21.4. The molecule has 4 rings (SSSR count). The number of aromatic carboxylic acids is 1. The van der Waals surface area contributed by atoms with Gasteiger partial charge in [0.1, 0.15) is 11.3 Å². The molecule has 2 aliphatic rings. The number of nitrogens with two attached hydrogens (primary N) is 1. The van der Waals surface area contributed by atoms with E-state index in [9.17, 15) is 14.7 Å². The van der Waals surface area contributed by atoms with Crippen LogP contribution in [0.25, 0.3) is 10.9 Å². The van der Waals surface area contributed by atoms with E-state index in [4.69, 9.17) is 10.5 Å². The van der Waals surface area contributed by atoms with E-state index in [1.54, 1.807) is 4.57 Å². The molecule has 2 atom stereocenters. The van der Waals surface area contributed by atoms with Crippen LogP contribution in [-0.2, 0) is 0 Å². The number of fused-ring (bicyclic) bond motifs is 1. The second-order valence-corrected chi connectivity index (χ2v) is 8.85. The minimum atomic E-state index is -1.36. The van der Waals surface area contributed by atoms with Gasteiger partial charge in [0.05, 0.1) is 23.7 Å². The molecule has 9 heteroatoms. The average Bonchev–Trinajstić information content (AvgIpc) is 3.46. The van der Waals surface area contributed by atoms with Crippen LogP contribution in [0.1, 0.15) is 42.6 Å². The van der Waals surface area contributed by atoms with Gasteiger partial charge < -0.3 is 29.9 Å². The molecule has 2 fully saturated rings. The number of nitrogens with zero attached hydrogens (tertiary/aromatic N) is 3. The number of ether oxygens (including phenoxy) is 1. The molecule has 8 nitrogen and oxygen atoms in total. The highest BCUT2D eigenvalue weighted by Gasteiger charge is 2.36. The summed E-state index contributed by atoms with van der Waals surface area (Å²) in [5.41, 5.74) is 5.23. The summed E-state index contributed by atoms with van der Waals surface area (Å²) in [5.74, 6) is -1.51. The average molecular weight is 432 g/mol. The molecule has 1 aliphatic carbocycles. The second kappa shape index (κ2) is 7.71. The van der Waals surface area contributed by atoms with Crippen LogP contribution in [0.4, 0.5) is 15.8 Å². The highest BCUT2D eigenvalue weighted by molar-refractivity contribution is 6.03. The molecule has 2 heterocycles. The summed E-state index contributed by atoms with van der Waals surface area (Å²) in [7, 11) is 5.49. The van der Waals surface area contributed by atoms with Crippen molar-refractivity contribution in [3.05, 3.63) is 27.8 Å². The first-order chi connectivity index (χ1) is 14.7. The number of carboxylic acid groups (broad SMARTS) is 1. The minimum Gasteiger partial charge on any atom is -0.492 e. The van der Waals surface area contributed by atoms with Crippen LogP contribution in [-0.4, -0.2) is 60.9 Å². The number of rotatable bonds is 6. The van der Waals surface area contributed by atoms with Crippen molar-refractivity contribution in [3.8, 4) is 5.75 Å². The third-order valence-electron chi connectivity index (χ3n) is 6.79. The first-order valence-corrected chi connectivity index (χ1v) is 10.6. The van der Waals surface area contributed by atoms with Crippen LogP contribution >= 0.6 is 0 Å². The van der Waals surface area contributed by atoms with Crippen molar-refractivity contribution >= 4 is 28.2 Å². The van der Waals surface area contributed by atoms with E-state index in [-0.39, 0.29) is 28.6 Å². The summed E-state index contributed by atoms with van der Waals surface area (Å²) in [4.78, 5) is 28.7. The van der Waals surface area contributed by atoms with Gasteiger partial charge in [-0.15, -0.1) is 0 Å². The molecule has 0 amide bonds. The van der Waals surface area contributed by atoms with Crippen LogP contribution in [0, 0.1) is 11.7 Å². The summed E-state index contributed by atoms with van der Waals surface area (Å²) in [5, 5.41) is 9.38. The van der Waals surface area contributed by atoms with Gasteiger partial charge in [0, 0.05) is 31.4 Å². The molecule has 0 unspecified atom stereocenters. The van der Waals surface area contributed by atoms with Crippen molar-refractivity contribution in [2.24, 2.45) is 5.92 Å². The van der Waals surface area contributed by atoms with Gasteiger partial charge in [-0.3, -0.25) is 4.79 Å². The molecule has 1 saturated carbocycles. The molecule has 0 bridgehead atoms. The lowest BCUT2D eigenvalue weighted by Gasteiger charge is -2.28. The standard InChI is InChI=1S/C22H29FN4O4/c1-11(25(2)3)12-7-8-26(9-12)19-16(23)17(24)15-18(21(19)31-4)27(13-5-6-13)10-14(20(15)28)22(29)30/h10-13H,5-9,24H2,1-4H3,(H,29,30)/t11-,12-/m1/s1. The Balaban J connectivity index is 1.96. The van der Waals surface area contributed by atoms with Crippen molar-refractivity contribution in [2.75, 3.05) is 44.9 Å². The molecule has 1 aromatic carbocycles. The van der Waals surface area contributed by atoms with Crippen molar-refractivity contribution in [2.45, 2.75) is 38.3 Å². The summed E-state index contributed by atoms with van der Waals surface area (Å²) in [6.45, 7) is 3.43. The Morgan fingerprint density at radius 2 is 2.03 bits per heavy atom. The first-order valence-electron chi connectivity index (χ1n) is 10.6. The fourth-order valence-electron chi connectivity index (χ4n) is 4.64. The molecular weight excluding hydrogens is 403 g/mol. The van der Waals surface area contributed by atoms with Gasteiger partial charge in [-0.1, -0.05) is 0 Å². The number of hydrogen-bond donors (Lipinski definition) is 2. The number of pyridine rings is 1. The fraction of sp³-hybridized carbons (Fsp3) is 0.545. The maximum absolute atomic E-state index is 15.6. The van der Waals surface area contributed by atoms with Crippen molar-refractivity contribution < 1.29 is 19.0 Å². The SMILES string of the molecule is COc1c(N2CC[C@@H]([C@@H](C)N(C)C)C2)c(F)c(N)c2c(=O)c(C(=O)O)cn(C3CC3)c12. The lowest BCUT2D eigenvalue weighted by atomic mass is 10.00. The predicted molar refractivity (Wildman–Crippen MR) is 118 cm³/mol. The largest absolute Gasteiger partial charge is 0.492 e. The van der Waals surface area contributed by atoms with Crippen LogP contribution in [0.3, 0.4) is 0 Å². The normalized spacial score (nSPS) is 19.9. The van der Waals surface area contributed by atoms with Gasteiger partial charge in [0.2, 0.25) is 5.43 Å².